The monoisotopic (exact) mass is 332 g/mol. The molecule has 0 saturated heterocycles. The molecule has 6 heteroatoms. The van der Waals surface area contributed by atoms with Crippen molar-refractivity contribution < 1.29 is 9.47 Å². The van der Waals surface area contributed by atoms with Crippen LogP contribution in [0.15, 0.2) is 16.6 Å². The molecule has 4 nitrogen and oxygen atoms in total. The summed E-state index contributed by atoms with van der Waals surface area (Å²) in [4.78, 5) is 2.37. The summed E-state index contributed by atoms with van der Waals surface area (Å²) < 4.78 is 11.8. The number of ether oxygens (including phenoxy) is 2. The van der Waals surface area contributed by atoms with Crippen molar-refractivity contribution in [3.05, 3.63) is 22.2 Å². The summed E-state index contributed by atoms with van der Waals surface area (Å²) >= 11 is 8.39. The molecular formula is C12H17BrN2O2S. The molecule has 0 fully saturated rings. The van der Waals surface area contributed by atoms with Crippen LogP contribution in [0.25, 0.3) is 0 Å². The van der Waals surface area contributed by atoms with Crippen molar-refractivity contribution in [1.29, 1.82) is 0 Å². The SMILES string of the molecule is COc1cc(C(N)=S)cc(Br)c1OCCN(C)C. The third kappa shape index (κ3) is 4.12. The molecule has 2 N–H and O–H groups in total. The second kappa shape index (κ2) is 6.92. The number of benzene rings is 1. The van der Waals surface area contributed by atoms with Gasteiger partial charge in [0.15, 0.2) is 11.5 Å². The van der Waals surface area contributed by atoms with E-state index in [-0.39, 0.29) is 0 Å². The molecule has 0 aliphatic carbocycles. The van der Waals surface area contributed by atoms with Gasteiger partial charge in [-0.15, -0.1) is 0 Å². The number of rotatable bonds is 6. The molecule has 0 bridgehead atoms. The number of likely N-dealkylation sites (N-methyl/N-ethyl adjacent to an activating group) is 1. The summed E-state index contributed by atoms with van der Waals surface area (Å²) in [5.74, 6) is 1.28. The molecule has 18 heavy (non-hydrogen) atoms. The van der Waals surface area contributed by atoms with Crippen LogP contribution >= 0.6 is 28.1 Å². The van der Waals surface area contributed by atoms with E-state index >= 15 is 0 Å². The van der Waals surface area contributed by atoms with Gasteiger partial charge in [-0.2, -0.15) is 0 Å². The second-order valence-corrected chi connectivity index (χ2v) is 5.30. The van der Waals surface area contributed by atoms with Crippen molar-refractivity contribution in [3.63, 3.8) is 0 Å². The Bertz CT molecular complexity index is 438. The molecule has 0 heterocycles. The van der Waals surface area contributed by atoms with E-state index in [9.17, 15) is 0 Å². The standard InChI is InChI=1S/C12H17BrN2O2S/c1-15(2)4-5-17-11-9(13)6-8(12(14)18)7-10(11)16-3/h6-7H,4-5H2,1-3H3,(H2,14,18). The van der Waals surface area contributed by atoms with Crippen LogP contribution in [0.1, 0.15) is 5.56 Å². The van der Waals surface area contributed by atoms with Crippen LogP contribution in [0.3, 0.4) is 0 Å². The lowest BCUT2D eigenvalue weighted by Gasteiger charge is -2.15. The van der Waals surface area contributed by atoms with E-state index in [0.717, 1.165) is 16.6 Å². The van der Waals surface area contributed by atoms with Gasteiger partial charge in [0.1, 0.15) is 11.6 Å². The molecule has 1 aromatic carbocycles. The highest BCUT2D eigenvalue weighted by Crippen LogP contribution is 2.36. The molecule has 0 radical (unpaired) electrons. The van der Waals surface area contributed by atoms with Crippen molar-refractivity contribution in [3.8, 4) is 11.5 Å². The molecule has 0 aliphatic rings. The molecule has 0 atom stereocenters. The van der Waals surface area contributed by atoms with Crippen LogP contribution in [-0.2, 0) is 0 Å². The van der Waals surface area contributed by atoms with Crippen molar-refractivity contribution in [1.82, 2.24) is 4.90 Å². The number of nitrogens with two attached hydrogens (primary N) is 1. The highest BCUT2D eigenvalue weighted by Gasteiger charge is 2.12. The summed E-state index contributed by atoms with van der Waals surface area (Å²) in [7, 11) is 5.57. The average molecular weight is 333 g/mol. The van der Waals surface area contributed by atoms with Crippen molar-refractivity contribution in [2.24, 2.45) is 5.73 Å². The van der Waals surface area contributed by atoms with E-state index in [0.29, 0.717) is 23.1 Å². The molecule has 0 saturated carbocycles. The van der Waals surface area contributed by atoms with Crippen molar-refractivity contribution in [2.45, 2.75) is 0 Å². The molecular weight excluding hydrogens is 316 g/mol. The predicted molar refractivity (Wildman–Crippen MR) is 80.6 cm³/mol. The minimum atomic E-state index is 0.328. The van der Waals surface area contributed by atoms with E-state index in [4.69, 9.17) is 27.4 Å². The minimum absolute atomic E-state index is 0.328. The van der Waals surface area contributed by atoms with E-state index in [2.05, 4.69) is 15.9 Å². The van der Waals surface area contributed by atoms with E-state index in [1.54, 1.807) is 13.2 Å². The fraction of sp³-hybridized carbons (Fsp3) is 0.417. The smallest absolute Gasteiger partial charge is 0.175 e. The number of thiocarbonyl (C=S) groups is 1. The zero-order chi connectivity index (χ0) is 13.7. The fourth-order valence-electron chi connectivity index (χ4n) is 1.33. The van der Waals surface area contributed by atoms with Crippen LogP contribution in [0, 0.1) is 0 Å². The zero-order valence-corrected chi connectivity index (χ0v) is 13.1. The number of nitrogens with zero attached hydrogens (tertiary/aromatic N) is 1. The Morgan fingerprint density at radius 1 is 1.44 bits per heavy atom. The van der Waals surface area contributed by atoms with Crippen LogP contribution in [0.5, 0.6) is 11.5 Å². The molecule has 0 aliphatic heterocycles. The average Bonchev–Trinajstić information content (AvgIpc) is 2.29. The molecule has 1 rings (SSSR count). The van der Waals surface area contributed by atoms with E-state index in [1.165, 1.54) is 0 Å². The van der Waals surface area contributed by atoms with E-state index in [1.807, 2.05) is 25.1 Å². The maximum Gasteiger partial charge on any atom is 0.175 e. The lowest BCUT2D eigenvalue weighted by Crippen LogP contribution is -2.19. The Morgan fingerprint density at radius 2 is 2.11 bits per heavy atom. The van der Waals surface area contributed by atoms with Crippen LogP contribution < -0.4 is 15.2 Å². The number of hydrogen-bond donors (Lipinski definition) is 1. The lowest BCUT2D eigenvalue weighted by molar-refractivity contribution is 0.249. The third-order valence-corrected chi connectivity index (χ3v) is 3.12. The maximum absolute atomic E-state index is 5.71. The molecule has 0 aromatic heterocycles. The maximum atomic E-state index is 5.71. The van der Waals surface area contributed by atoms with Crippen molar-refractivity contribution >= 4 is 33.1 Å². The molecule has 0 amide bonds. The summed E-state index contributed by atoms with van der Waals surface area (Å²) in [5, 5.41) is 0. The lowest BCUT2D eigenvalue weighted by atomic mass is 10.2. The first-order valence-corrected chi connectivity index (χ1v) is 6.60. The molecule has 0 unspecified atom stereocenters. The topological polar surface area (TPSA) is 47.7 Å². The summed E-state index contributed by atoms with van der Waals surface area (Å²) in [6, 6.07) is 3.61. The fourth-order valence-corrected chi connectivity index (χ4v) is 2.01. The minimum Gasteiger partial charge on any atom is -0.493 e. The van der Waals surface area contributed by atoms with Gasteiger partial charge in [-0.3, -0.25) is 0 Å². The Labute approximate surface area is 121 Å². The number of halogens is 1. The predicted octanol–water partition coefficient (Wildman–Crippen LogP) is 2.03. The first kappa shape index (κ1) is 15.2. The van der Waals surface area contributed by atoms with Gasteiger partial charge in [0.25, 0.3) is 0 Å². The van der Waals surface area contributed by atoms with Gasteiger partial charge in [-0.1, -0.05) is 12.2 Å². The third-order valence-electron chi connectivity index (χ3n) is 2.30. The van der Waals surface area contributed by atoms with E-state index < -0.39 is 0 Å². The Balaban J connectivity index is 2.93. The van der Waals surface area contributed by atoms with Gasteiger partial charge in [0.05, 0.1) is 11.6 Å². The molecule has 0 spiro atoms. The zero-order valence-electron chi connectivity index (χ0n) is 10.7. The van der Waals surface area contributed by atoms with Crippen LogP contribution in [0.4, 0.5) is 0 Å². The normalized spacial score (nSPS) is 10.5. The van der Waals surface area contributed by atoms with Crippen LogP contribution in [-0.4, -0.2) is 44.2 Å². The van der Waals surface area contributed by atoms with Gasteiger partial charge in [-0.05, 0) is 42.2 Å². The number of methoxy groups -OCH3 is 1. The Morgan fingerprint density at radius 3 is 2.61 bits per heavy atom. The first-order valence-electron chi connectivity index (χ1n) is 5.40. The second-order valence-electron chi connectivity index (χ2n) is 4.01. The van der Waals surface area contributed by atoms with Crippen LogP contribution in [0.2, 0.25) is 0 Å². The van der Waals surface area contributed by atoms with Gasteiger partial charge >= 0.3 is 0 Å². The highest BCUT2D eigenvalue weighted by atomic mass is 79.9. The molecule has 100 valence electrons. The summed E-state index contributed by atoms with van der Waals surface area (Å²) in [5.41, 5.74) is 6.35. The number of hydrogen-bond acceptors (Lipinski definition) is 4. The highest BCUT2D eigenvalue weighted by molar-refractivity contribution is 9.10. The summed E-state index contributed by atoms with van der Waals surface area (Å²) in [6.45, 7) is 1.40. The van der Waals surface area contributed by atoms with Gasteiger partial charge in [-0.25, -0.2) is 0 Å². The van der Waals surface area contributed by atoms with Gasteiger partial charge in [0.2, 0.25) is 0 Å². The first-order chi connectivity index (χ1) is 8.45. The summed E-state index contributed by atoms with van der Waals surface area (Å²) in [6.07, 6.45) is 0. The largest absolute Gasteiger partial charge is 0.493 e. The Kier molecular flexibility index (Phi) is 5.84. The quantitative estimate of drug-likeness (QED) is 0.808. The van der Waals surface area contributed by atoms with Gasteiger partial charge < -0.3 is 20.1 Å². The Hall–Kier alpha value is -0.850. The molecule has 1 aromatic rings. The van der Waals surface area contributed by atoms with Crippen molar-refractivity contribution in [2.75, 3.05) is 34.4 Å². The van der Waals surface area contributed by atoms with Gasteiger partial charge in [0, 0.05) is 12.1 Å².